The Balaban J connectivity index is 2.24. The molecule has 0 saturated heterocycles. The summed E-state index contributed by atoms with van der Waals surface area (Å²) in [6, 6.07) is 9.80. The van der Waals surface area contributed by atoms with Crippen molar-refractivity contribution in [2.75, 3.05) is 45.8 Å². The Hall–Kier alpha value is -2.71. The minimum Gasteiger partial charge on any atom is -0.385 e. The fourth-order valence-electron chi connectivity index (χ4n) is 2.98. The highest BCUT2D eigenvalue weighted by atomic mass is 16.5. The average Bonchev–Trinajstić information content (AvgIpc) is 3.12. The molecule has 1 aromatic heterocycles. The Morgan fingerprint density at radius 3 is 2.39 bits per heavy atom. The molecule has 0 bridgehead atoms. The van der Waals surface area contributed by atoms with Gasteiger partial charge in [-0.2, -0.15) is 5.10 Å². The number of amides is 2. The van der Waals surface area contributed by atoms with Gasteiger partial charge in [0, 0.05) is 38.9 Å². The first-order valence-corrected chi connectivity index (χ1v) is 10.4. The van der Waals surface area contributed by atoms with Gasteiger partial charge in [-0.1, -0.05) is 38.5 Å². The fraction of sp³-hybridized carbons (Fsp3) is 0.522. The molecule has 0 radical (unpaired) electrons. The third-order valence-electron chi connectivity index (χ3n) is 4.76. The Labute approximate surface area is 184 Å². The van der Waals surface area contributed by atoms with Crippen molar-refractivity contribution in [3.05, 3.63) is 41.6 Å². The van der Waals surface area contributed by atoms with Gasteiger partial charge in [0.05, 0.1) is 17.9 Å². The van der Waals surface area contributed by atoms with Crippen molar-refractivity contribution in [1.82, 2.24) is 14.7 Å². The minimum absolute atomic E-state index is 0.0736. The van der Waals surface area contributed by atoms with E-state index in [2.05, 4.69) is 26.1 Å². The molecule has 1 heterocycles. The molecule has 0 aliphatic rings. The van der Waals surface area contributed by atoms with Gasteiger partial charge in [-0.3, -0.25) is 9.59 Å². The van der Waals surface area contributed by atoms with Gasteiger partial charge in [-0.25, -0.2) is 4.68 Å². The third kappa shape index (κ3) is 7.18. The van der Waals surface area contributed by atoms with Crippen LogP contribution in [-0.4, -0.2) is 67.0 Å². The summed E-state index contributed by atoms with van der Waals surface area (Å²) in [5.74, 6) is 0.0292. The lowest BCUT2D eigenvalue weighted by atomic mass is 9.92. The highest BCUT2D eigenvalue weighted by Gasteiger charge is 2.23. The van der Waals surface area contributed by atoms with Crippen molar-refractivity contribution in [3.8, 4) is 5.69 Å². The summed E-state index contributed by atoms with van der Waals surface area (Å²) < 4.78 is 11.7. The quantitative estimate of drug-likeness (QED) is 0.586. The van der Waals surface area contributed by atoms with Crippen molar-refractivity contribution in [1.29, 1.82) is 0 Å². The molecule has 170 valence electrons. The van der Waals surface area contributed by atoms with E-state index >= 15 is 0 Å². The zero-order valence-electron chi connectivity index (χ0n) is 19.4. The Morgan fingerprint density at radius 2 is 1.81 bits per heavy atom. The average molecular weight is 431 g/mol. The molecule has 0 spiro atoms. The summed E-state index contributed by atoms with van der Waals surface area (Å²) >= 11 is 0. The summed E-state index contributed by atoms with van der Waals surface area (Å²) in [7, 11) is 3.06. The zero-order valence-corrected chi connectivity index (χ0v) is 19.4. The molecular formula is C23H34N4O4. The second kappa shape index (κ2) is 11.1. The first kappa shape index (κ1) is 24.6. The van der Waals surface area contributed by atoms with E-state index in [0.29, 0.717) is 25.4 Å². The molecule has 2 amide bonds. The van der Waals surface area contributed by atoms with E-state index in [0.717, 1.165) is 16.9 Å². The number of hydrogen-bond acceptors (Lipinski definition) is 5. The van der Waals surface area contributed by atoms with Gasteiger partial charge >= 0.3 is 0 Å². The molecule has 1 N–H and O–H groups in total. The van der Waals surface area contributed by atoms with Crippen LogP contribution in [0.1, 0.15) is 38.4 Å². The van der Waals surface area contributed by atoms with Crippen molar-refractivity contribution < 1.29 is 19.1 Å². The summed E-state index contributed by atoms with van der Waals surface area (Å²) in [6.45, 7) is 9.00. The van der Waals surface area contributed by atoms with Gasteiger partial charge in [-0.05, 0) is 25.5 Å². The molecule has 0 aliphatic heterocycles. The smallest absolute Gasteiger partial charge is 0.249 e. The van der Waals surface area contributed by atoms with Crippen LogP contribution in [0.4, 0.5) is 5.82 Å². The lowest BCUT2D eigenvalue weighted by Gasteiger charge is -2.22. The van der Waals surface area contributed by atoms with E-state index in [1.165, 1.54) is 12.0 Å². The molecule has 0 fully saturated rings. The van der Waals surface area contributed by atoms with Crippen LogP contribution in [0.3, 0.4) is 0 Å². The van der Waals surface area contributed by atoms with Gasteiger partial charge in [0.15, 0.2) is 0 Å². The Morgan fingerprint density at radius 1 is 1.13 bits per heavy atom. The molecule has 2 rings (SSSR count). The van der Waals surface area contributed by atoms with Gasteiger partial charge in [-0.15, -0.1) is 0 Å². The minimum atomic E-state index is -0.296. The number of aromatic nitrogens is 2. The number of benzene rings is 1. The SMILES string of the molecule is COCCCN(CC(=O)Nc1cc(C(C)(C)C)nn1-c1ccc(C)cc1)C(=O)COC. The molecule has 0 saturated carbocycles. The Kier molecular flexibility index (Phi) is 8.76. The monoisotopic (exact) mass is 430 g/mol. The fourth-order valence-corrected chi connectivity index (χ4v) is 2.98. The van der Waals surface area contributed by atoms with Crippen LogP contribution in [0.5, 0.6) is 0 Å². The summed E-state index contributed by atoms with van der Waals surface area (Å²) in [5.41, 5.74) is 2.66. The first-order chi connectivity index (χ1) is 14.7. The van der Waals surface area contributed by atoms with Crippen molar-refractivity contribution >= 4 is 17.6 Å². The van der Waals surface area contributed by atoms with E-state index in [4.69, 9.17) is 14.6 Å². The number of carbonyl (C=O) groups excluding carboxylic acids is 2. The third-order valence-corrected chi connectivity index (χ3v) is 4.76. The largest absolute Gasteiger partial charge is 0.385 e. The maximum atomic E-state index is 12.8. The number of aryl methyl sites for hydroxylation is 1. The maximum absolute atomic E-state index is 12.8. The number of rotatable bonds is 10. The van der Waals surface area contributed by atoms with Crippen LogP contribution in [0.15, 0.2) is 30.3 Å². The molecule has 0 unspecified atom stereocenters. The van der Waals surface area contributed by atoms with Crippen LogP contribution in [0.2, 0.25) is 0 Å². The first-order valence-electron chi connectivity index (χ1n) is 10.4. The molecule has 1 aromatic carbocycles. The molecule has 0 atom stereocenters. The van der Waals surface area contributed by atoms with Crippen molar-refractivity contribution in [3.63, 3.8) is 0 Å². The van der Waals surface area contributed by atoms with Gasteiger partial charge in [0.1, 0.15) is 12.4 Å². The molecule has 31 heavy (non-hydrogen) atoms. The van der Waals surface area contributed by atoms with Crippen LogP contribution < -0.4 is 5.32 Å². The van der Waals surface area contributed by atoms with Gasteiger partial charge in [0.25, 0.3) is 0 Å². The Bertz CT molecular complexity index is 869. The predicted octanol–water partition coefficient (Wildman–Crippen LogP) is 2.93. The summed E-state index contributed by atoms with van der Waals surface area (Å²) in [5, 5.41) is 7.65. The lowest BCUT2D eigenvalue weighted by Crippen LogP contribution is -2.41. The maximum Gasteiger partial charge on any atom is 0.249 e. The predicted molar refractivity (Wildman–Crippen MR) is 121 cm³/mol. The molecular weight excluding hydrogens is 396 g/mol. The van der Waals surface area contributed by atoms with Gasteiger partial charge < -0.3 is 19.7 Å². The number of ether oxygens (including phenoxy) is 2. The number of nitrogens with one attached hydrogen (secondary N) is 1. The second-order valence-corrected chi connectivity index (χ2v) is 8.56. The number of hydrogen-bond donors (Lipinski definition) is 1. The second-order valence-electron chi connectivity index (χ2n) is 8.56. The number of methoxy groups -OCH3 is 2. The molecule has 8 heteroatoms. The lowest BCUT2D eigenvalue weighted by molar-refractivity contribution is -0.138. The van der Waals surface area contributed by atoms with Crippen molar-refractivity contribution in [2.24, 2.45) is 0 Å². The van der Waals surface area contributed by atoms with Crippen LogP contribution in [0.25, 0.3) is 5.69 Å². The van der Waals surface area contributed by atoms with E-state index in [1.54, 1.807) is 11.8 Å². The topological polar surface area (TPSA) is 85.7 Å². The summed E-state index contributed by atoms with van der Waals surface area (Å²) in [6.07, 6.45) is 0.634. The van der Waals surface area contributed by atoms with Gasteiger partial charge in [0.2, 0.25) is 11.8 Å². The van der Waals surface area contributed by atoms with E-state index in [1.807, 2.05) is 37.3 Å². The van der Waals surface area contributed by atoms with E-state index in [-0.39, 0.29) is 30.4 Å². The summed E-state index contributed by atoms with van der Waals surface area (Å²) in [4.78, 5) is 26.7. The molecule has 2 aromatic rings. The van der Waals surface area contributed by atoms with Crippen LogP contribution >= 0.6 is 0 Å². The van der Waals surface area contributed by atoms with E-state index < -0.39 is 0 Å². The van der Waals surface area contributed by atoms with E-state index in [9.17, 15) is 9.59 Å². The zero-order chi connectivity index (χ0) is 23.0. The van der Waals surface area contributed by atoms with Crippen LogP contribution in [-0.2, 0) is 24.5 Å². The highest BCUT2D eigenvalue weighted by Crippen LogP contribution is 2.26. The number of nitrogens with zero attached hydrogens (tertiary/aromatic N) is 3. The molecule has 0 aliphatic carbocycles. The number of carbonyl (C=O) groups is 2. The van der Waals surface area contributed by atoms with Crippen molar-refractivity contribution in [2.45, 2.75) is 39.5 Å². The van der Waals surface area contributed by atoms with Crippen LogP contribution in [0, 0.1) is 6.92 Å². The standard InChI is InChI=1S/C23H34N4O4/c1-17-8-10-18(11-9-17)27-20(14-19(25-27)23(2,3)4)24-21(28)15-26(12-7-13-30-5)22(29)16-31-6/h8-11,14H,7,12-13,15-16H2,1-6H3,(H,24,28). The highest BCUT2D eigenvalue weighted by molar-refractivity contribution is 5.94. The normalized spacial score (nSPS) is 11.4. The molecule has 8 nitrogen and oxygen atoms in total. The number of anilines is 1.